The van der Waals surface area contributed by atoms with Crippen LogP contribution in [-0.4, -0.2) is 39.6 Å². The van der Waals surface area contributed by atoms with Crippen LogP contribution in [-0.2, 0) is 20.8 Å². The van der Waals surface area contributed by atoms with E-state index in [1.807, 2.05) is 0 Å². The Morgan fingerprint density at radius 3 is 2.52 bits per heavy atom. The van der Waals surface area contributed by atoms with Gasteiger partial charge in [-0.3, -0.25) is 24.1 Å². The zero-order valence-electron chi connectivity index (χ0n) is 14.9. The first kappa shape index (κ1) is 20.3. The fourth-order valence-corrected chi connectivity index (χ4v) is 3.45. The number of halogens is 1. The summed E-state index contributed by atoms with van der Waals surface area (Å²) in [5.41, 5.74) is 1.41. The third-order valence-electron chi connectivity index (χ3n) is 3.91. The van der Waals surface area contributed by atoms with Gasteiger partial charge in [-0.25, -0.2) is 4.39 Å². The van der Waals surface area contributed by atoms with Crippen molar-refractivity contribution in [1.29, 1.82) is 0 Å². The second kappa shape index (κ2) is 8.70. The number of carboxylic acids is 1. The third-order valence-corrected chi connectivity index (χ3v) is 4.82. The van der Waals surface area contributed by atoms with Crippen LogP contribution in [0.15, 0.2) is 53.4 Å². The lowest BCUT2D eigenvalue weighted by Crippen LogP contribution is -2.36. The lowest BCUT2D eigenvalue weighted by Gasteiger charge is -2.12. The Morgan fingerprint density at radius 2 is 1.86 bits per heavy atom. The van der Waals surface area contributed by atoms with Crippen molar-refractivity contribution in [3.05, 3.63) is 70.4 Å². The molecule has 29 heavy (non-hydrogen) atoms. The highest BCUT2D eigenvalue weighted by Crippen LogP contribution is 2.32. The summed E-state index contributed by atoms with van der Waals surface area (Å²) in [6, 6.07) is 11.8. The molecule has 2 aromatic rings. The van der Waals surface area contributed by atoms with Gasteiger partial charge in [0, 0.05) is 5.69 Å². The van der Waals surface area contributed by atoms with Gasteiger partial charge in [0.05, 0.1) is 11.3 Å². The van der Waals surface area contributed by atoms with Crippen LogP contribution in [0.5, 0.6) is 0 Å². The predicted octanol–water partition coefficient (Wildman–Crippen LogP) is 3.13. The minimum absolute atomic E-state index is 0.103. The largest absolute Gasteiger partial charge is 0.481 e. The highest BCUT2D eigenvalue weighted by atomic mass is 32.2. The number of carboxylic acid groups (broad SMARTS) is 1. The maximum absolute atomic E-state index is 13.3. The number of nitrogens with one attached hydrogen (secondary N) is 1. The predicted molar refractivity (Wildman–Crippen MR) is 105 cm³/mol. The van der Waals surface area contributed by atoms with Crippen molar-refractivity contribution in [2.75, 3.05) is 11.9 Å². The van der Waals surface area contributed by atoms with Crippen molar-refractivity contribution in [3.8, 4) is 0 Å². The van der Waals surface area contributed by atoms with Crippen molar-refractivity contribution >= 4 is 46.5 Å². The number of amides is 3. The Morgan fingerprint density at radius 1 is 1.14 bits per heavy atom. The van der Waals surface area contributed by atoms with E-state index in [2.05, 4.69) is 5.32 Å². The summed E-state index contributed by atoms with van der Waals surface area (Å²) >= 11 is 0.679. The van der Waals surface area contributed by atoms with Crippen LogP contribution in [0, 0.1) is 5.82 Å². The van der Waals surface area contributed by atoms with Gasteiger partial charge in [-0.05, 0) is 53.2 Å². The van der Waals surface area contributed by atoms with E-state index >= 15 is 0 Å². The Bertz CT molecular complexity index is 1020. The molecule has 0 aromatic heterocycles. The maximum atomic E-state index is 13.3. The summed E-state index contributed by atoms with van der Waals surface area (Å²) in [4.78, 5) is 48.3. The molecule has 2 N–H and O–H groups in total. The summed E-state index contributed by atoms with van der Waals surface area (Å²) in [6.07, 6.45) is 1.26. The van der Waals surface area contributed by atoms with Crippen molar-refractivity contribution in [2.45, 2.75) is 6.42 Å². The fraction of sp³-hybridized carbons (Fsp3) is 0.100. The molecule has 1 aliphatic heterocycles. The van der Waals surface area contributed by atoms with Crippen LogP contribution in [0.3, 0.4) is 0 Å². The number of rotatable bonds is 6. The normalized spacial score (nSPS) is 15.1. The van der Waals surface area contributed by atoms with E-state index in [1.54, 1.807) is 18.2 Å². The molecule has 0 saturated carbocycles. The number of hydrogen-bond acceptors (Lipinski definition) is 5. The molecular formula is C20H15FN2O5S. The molecule has 148 valence electrons. The van der Waals surface area contributed by atoms with Crippen molar-refractivity contribution in [3.63, 3.8) is 0 Å². The number of carbonyl (C=O) groups excluding carboxylic acids is 3. The van der Waals surface area contributed by atoms with Gasteiger partial charge < -0.3 is 10.4 Å². The quantitative estimate of drug-likeness (QED) is 0.704. The molecule has 1 fully saturated rings. The van der Waals surface area contributed by atoms with Crippen molar-refractivity contribution in [1.82, 2.24) is 4.90 Å². The number of anilines is 1. The molecule has 7 nitrogen and oxygen atoms in total. The fourth-order valence-electron chi connectivity index (χ4n) is 2.61. The minimum atomic E-state index is -0.965. The van der Waals surface area contributed by atoms with Gasteiger partial charge in [-0.15, -0.1) is 0 Å². The first-order valence-corrected chi connectivity index (χ1v) is 9.25. The molecule has 2 aromatic carbocycles. The number of thioether (sulfide) groups is 1. The first-order valence-electron chi connectivity index (χ1n) is 8.43. The van der Waals surface area contributed by atoms with E-state index in [-0.39, 0.29) is 11.3 Å². The second-order valence-corrected chi connectivity index (χ2v) is 7.13. The van der Waals surface area contributed by atoms with E-state index in [0.29, 0.717) is 28.6 Å². The molecule has 9 heteroatoms. The van der Waals surface area contributed by atoms with Crippen LogP contribution < -0.4 is 5.32 Å². The molecule has 0 radical (unpaired) electrons. The van der Waals surface area contributed by atoms with E-state index in [9.17, 15) is 23.6 Å². The van der Waals surface area contributed by atoms with Gasteiger partial charge in [0.25, 0.3) is 11.1 Å². The van der Waals surface area contributed by atoms with Crippen LogP contribution in [0.1, 0.15) is 11.1 Å². The van der Waals surface area contributed by atoms with Gasteiger partial charge in [0.1, 0.15) is 12.4 Å². The maximum Gasteiger partial charge on any atom is 0.307 e. The third kappa shape index (κ3) is 5.29. The highest BCUT2D eigenvalue weighted by molar-refractivity contribution is 8.18. The van der Waals surface area contributed by atoms with Crippen molar-refractivity contribution in [2.24, 2.45) is 0 Å². The molecule has 1 aliphatic rings. The Labute approximate surface area is 169 Å². The van der Waals surface area contributed by atoms with E-state index < -0.39 is 35.4 Å². The average molecular weight is 414 g/mol. The number of nitrogens with zero attached hydrogens (tertiary/aromatic N) is 1. The van der Waals surface area contributed by atoms with Crippen LogP contribution in [0.4, 0.5) is 14.9 Å². The molecule has 0 spiro atoms. The Kier molecular flexibility index (Phi) is 6.08. The first-order chi connectivity index (χ1) is 13.8. The van der Waals surface area contributed by atoms with Gasteiger partial charge in [-0.1, -0.05) is 24.3 Å². The lowest BCUT2D eigenvalue weighted by molar-refractivity contribution is -0.136. The lowest BCUT2D eigenvalue weighted by atomic mass is 10.1. The number of aliphatic carboxylic acids is 1. The number of hydrogen-bond donors (Lipinski definition) is 2. The van der Waals surface area contributed by atoms with E-state index in [4.69, 9.17) is 5.11 Å². The molecule has 0 atom stereocenters. The number of carbonyl (C=O) groups is 4. The zero-order chi connectivity index (χ0) is 21.0. The monoisotopic (exact) mass is 414 g/mol. The van der Waals surface area contributed by atoms with Gasteiger partial charge >= 0.3 is 5.97 Å². The molecule has 0 aliphatic carbocycles. The smallest absolute Gasteiger partial charge is 0.307 e. The van der Waals surface area contributed by atoms with Gasteiger partial charge in [-0.2, -0.15) is 0 Å². The molecule has 3 rings (SSSR count). The van der Waals surface area contributed by atoms with Crippen molar-refractivity contribution < 1.29 is 28.7 Å². The van der Waals surface area contributed by atoms with E-state index in [0.717, 1.165) is 4.90 Å². The standard InChI is InChI=1S/C20H15FN2O5S/c21-14-3-1-2-13(8-14)9-16-19(27)23(20(28)29-16)11-17(24)22-15-6-4-12(5-7-15)10-18(25)26/h1-9H,10-11H2,(H,22,24)(H,25,26)/b16-9-. The van der Waals surface area contributed by atoms with Crippen LogP contribution >= 0.6 is 11.8 Å². The molecule has 0 unspecified atom stereocenters. The SMILES string of the molecule is O=C(O)Cc1ccc(NC(=O)CN2C(=O)S/C(=C\c3cccc(F)c3)C2=O)cc1. The summed E-state index contributed by atoms with van der Waals surface area (Å²) in [7, 11) is 0. The Balaban J connectivity index is 1.63. The molecule has 3 amide bonds. The molecule has 0 bridgehead atoms. The molecule has 1 heterocycles. The van der Waals surface area contributed by atoms with E-state index in [1.165, 1.54) is 36.4 Å². The molecule has 1 saturated heterocycles. The van der Waals surface area contributed by atoms with Gasteiger partial charge in [0.2, 0.25) is 5.91 Å². The number of benzene rings is 2. The Hall–Kier alpha value is -3.46. The zero-order valence-corrected chi connectivity index (χ0v) is 15.7. The van der Waals surface area contributed by atoms with Crippen LogP contribution in [0.25, 0.3) is 6.08 Å². The second-order valence-electron chi connectivity index (χ2n) is 6.14. The summed E-state index contributed by atoms with van der Waals surface area (Å²) in [5, 5.41) is 10.7. The summed E-state index contributed by atoms with van der Waals surface area (Å²) in [6.45, 7) is -0.470. The highest BCUT2D eigenvalue weighted by Gasteiger charge is 2.36. The summed E-state index contributed by atoms with van der Waals surface area (Å²) in [5.74, 6) is -2.64. The summed E-state index contributed by atoms with van der Waals surface area (Å²) < 4.78 is 13.3. The number of imide groups is 1. The molecular weight excluding hydrogens is 399 g/mol. The van der Waals surface area contributed by atoms with Crippen LogP contribution in [0.2, 0.25) is 0 Å². The minimum Gasteiger partial charge on any atom is -0.481 e. The average Bonchev–Trinajstić information content (AvgIpc) is 2.90. The topological polar surface area (TPSA) is 104 Å². The van der Waals surface area contributed by atoms with Gasteiger partial charge in [0.15, 0.2) is 0 Å².